The summed E-state index contributed by atoms with van der Waals surface area (Å²) in [4.78, 5) is 0. The first-order chi connectivity index (χ1) is 9.86. The highest BCUT2D eigenvalue weighted by Gasteiger charge is 2.46. The molecule has 1 aromatic carbocycles. The molecule has 0 heterocycles. The van der Waals surface area contributed by atoms with Gasteiger partial charge in [-0.25, -0.2) is 22.0 Å². The molecule has 0 radical (unpaired) electrons. The summed E-state index contributed by atoms with van der Waals surface area (Å²) < 4.78 is 78.5. The second-order valence-electron chi connectivity index (χ2n) is 4.06. The lowest BCUT2D eigenvalue weighted by Gasteiger charge is -2.30. The summed E-state index contributed by atoms with van der Waals surface area (Å²) in [6.07, 6.45) is 1.27. The van der Waals surface area contributed by atoms with E-state index in [4.69, 9.17) is 8.85 Å². The third-order valence-corrected chi connectivity index (χ3v) is 6.30. The van der Waals surface area contributed by atoms with Crippen LogP contribution in [0.1, 0.15) is 13.8 Å². The monoisotopic (exact) mass is 326 g/mol. The first-order valence-corrected chi connectivity index (χ1v) is 8.29. The van der Waals surface area contributed by atoms with Gasteiger partial charge in [-0.05, 0) is 13.8 Å². The maximum Gasteiger partial charge on any atom is 0.382 e. The summed E-state index contributed by atoms with van der Waals surface area (Å²) in [6.45, 7) is 6.50. The standard InChI is InChI=1S/C13H15F5O2Si/c1-4-7-21(19-5-2,20-6-3)13-11(17)9(15)8(14)10(16)12(13)18/h4H,1,5-7H2,2-3H3. The van der Waals surface area contributed by atoms with Crippen molar-refractivity contribution in [1.82, 2.24) is 0 Å². The molecule has 0 aliphatic rings. The van der Waals surface area contributed by atoms with Gasteiger partial charge in [-0.15, -0.1) is 6.58 Å². The van der Waals surface area contributed by atoms with Crippen molar-refractivity contribution >= 4 is 13.7 Å². The summed E-state index contributed by atoms with van der Waals surface area (Å²) in [5, 5.41) is -1.01. The summed E-state index contributed by atoms with van der Waals surface area (Å²) in [5.74, 6) is -10.1. The van der Waals surface area contributed by atoms with Crippen molar-refractivity contribution in [3.05, 3.63) is 41.7 Å². The molecule has 0 aliphatic carbocycles. The molecule has 0 fully saturated rings. The molecule has 0 bridgehead atoms. The van der Waals surface area contributed by atoms with Crippen molar-refractivity contribution in [1.29, 1.82) is 0 Å². The van der Waals surface area contributed by atoms with Gasteiger partial charge in [0.2, 0.25) is 5.82 Å². The van der Waals surface area contributed by atoms with E-state index in [-0.39, 0.29) is 19.3 Å². The highest BCUT2D eigenvalue weighted by molar-refractivity contribution is 6.81. The van der Waals surface area contributed by atoms with Crippen molar-refractivity contribution < 1.29 is 30.8 Å². The largest absolute Gasteiger partial charge is 0.391 e. The third-order valence-electron chi connectivity index (χ3n) is 2.76. The summed E-state index contributed by atoms with van der Waals surface area (Å²) in [6, 6.07) is -0.146. The minimum Gasteiger partial charge on any atom is -0.391 e. The Morgan fingerprint density at radius 2 is 1.24 bits per heavy atom. The van der Waals surface area contributed by atoms with Crippen LogP contribution < -0.4 is 5.19 Å². The van der Waals surface area contributed by atoms with Gasteiger partial charge in [0.25, 0.3) is 0 Å². The van der Waals surface area contributed by atoms with Crippen LogP contribution in [-0.2, 0) is 8.85 Å². The van der Waals surface area contributed by atoms with Crippen LogP contribution >= 0.6 is 0 Å². The minimum absolute atomic E-state index is 0.000440. The molecule has 2 nitrogen and oxygen atoms in total. The van der Waals surface area contributed by atoms with Gasteiger partial charge < -0.3 is 8.85 Å². The van der Waals surface area contributed by atoms with E-state index in [1.165, 1.54) is 19.9 Å². The molecule has 0 spiro atoms. The van der Waals surface area contributed by atoms with Crippen molar-refractivity contribution in [2.75, 3.05) is 13.2 Å². The lowest BCUT2D eigenvalue weighted by molar-refractivity contribution is 0.196. The number of rotatable bonds is 7. The van der Waals surface area contributed by atoms with Gasteiger partial charge in [0.1, 0.15) is 0 Å². The van der Waals surface area contributed by atoms with Gasteiger partial charge >= 0.3 is 8.56 Å². The lowest BCUT2D eigenvalue weighted by Crippen LogP contribution is -2.57. The molecule has 0 saturated carbocycles. The molecule has 0 unspecified atom stereocenters. The fraction of sp³-hybridized carbons (Fsp3) is 0.385. The van der Waals surface area contributed by atoms with Gasteiger partial charge in [-0.1, -0.05) is 6.08 Å². The van der Waals surface area contributed by atoms with Gasteiger partial charge in [-0.3, -0.25) is 0 Å². The molecule has 0 saturated heterocycles. The molecule has 0 amide bonds. The highest BCUT2D eigenvalue weighted by Crippen LogP contribution is 2.23. The molecular formula is C13H15F5O2Si. The molecule has 0 atom stereocenters. The van der Waals surface area contributed by atoms with Crippen LogP contribution in [-0.4, -0.2) is 21.8 Å². The fourth-order valence-electron chi connectivity index (χ4n) is 2.00. The van der Waals surface area contributed by atoms with E-state index in [1.54, 1.807) is 0 Å². The molecule has 8 heteroatoms. The first-order valence-electron chi connectivity index (χ1n) is 6.26. The van der Waals surface area contributed by atoms with Crippen LogP contribution in [0.3, 0.4) is 0 Å². The number of hydrogen-bond acceptors (Lipinski definition) is 2. The molecule has 0 N–H and O–H groups in total. The molecule has 118 valence electrons. The van der Waals surface area contributed by atoms with E-state index in [9.17, 15) is 22.0 Å². The summed E-state index contributed by atoms with van der Waals surface area (Å²) in [7, 11) is -3.86. The van der Waals surface area contributed by atoms with Gasteiger partial charge in [0, 0.05) is 19.3 Å². The lowest BCUT2D eigenvalue weighted by atomic mass is 10.3. The van der Waals surface area contributed by atoms with Crippen LogP contribution in [0.25, 0.3) is 0 Å². The van der Waals surface area contributed by atoms with Gasteiger partial charge in [-0.2, -0.15) is 0 Å². The van der Waals surface area contributed by atoms with Crippen molar-refractivity contribution in [2.24, 2.45) is 0 Å². The minimum atomic E-state index is -3.86. The van der Waals surface area contributed by atoms with Crippen molar-refractivity contribution in [3.63, 3.8) is 0 Å². The Balaban J connectivity index is 3.68. The van der Waals surface area contributed by atoms with Crippen LogP contribution in [0, 0.1) is 29.1 Å². The maximum absolute atomic E-state index is 14.0. The van der Waals surface area contributed by atoms with Crippen molar-refractivity contribution in [3.8, 4) is 0 Å². The van der Waals surface area contributed by atoms with E-state index in [0.29, 0.717) is 0 Å². The third kappa shape index (κ3) is 3.17. The quantitative estimate of drug-likeness (QED) is 0.252. The van der Waals surface area contributed by atoms with E-state index in [0.717, 1.165) is 0 Å². The Morgan fingerprint density at radius 3 is 1.57 bits per heavy atom. The maximum atomic E-state index is 14.0. The first kappa shape index (κ1) is 17.8. The zero-order chi connectivity index (χ0) is 16.2. The van der Waals surface area contributed by atoms with Crippen molar-refractivity contribution in [2.45, 2.75) is 19.9 Å². The van der Waals surface area contributed by atoms with E-state index < -0.39 is 42.8 Å². The Hall–Kier alpha value is -1.25. The number of allylic oxidation sites excluding steroid dienone is 1. The van der Waals surface area contributed by atoms with Crippen LogP contribution in [0.5, 0.6) is 0 Å². The number of benzene rings is 1. The second-order valence-corrected chi connectivity index (χ2v) is 7.05. The highest BCUT2D eigenvalue weighted by atomic mass is 28.4. The Bertz CT molecular complexity index is 501. The number of hydrogen-bond donors (Lipinski definition) is 0. The van der Waals surface area contributed by atoms with E-state index >= 15 is 0 Å². The molecule has 1 rings (SSSR count). The molecule has 0 aromatic heterocycles. The molecule has 1 aromatic rings. The summed E-state index contributed by atoms with van der Waals surface area (Å²) in [5.41, 5.74) is 0. The van der Waals surface area contributed by atoms with E-state index in [1.807, 2.05) is 0 Å². The molecule has 21 heavy (non-hydrogen) atoms. The normalized spacial score (nSPS) is 11.8. The zero-order valence-electron chi connectivity index (χ0n) is 11.6. The molecule has 0 aliphatic heterocycles. The van der Waals surface area contributed by atoms with E-state index in [2.05, 4.69) is 6.58 Å². The fourth-order valence-corrected chi connectivity index (χ4v) is 5.01. The predicted molar refractivity (Wildman–Crippen MR) is 69.9 cm³/mol. The smallest absolute Gasteiger partial charge is 0.382 e. The van der Waals surface area contributed by atoms with Crippen LogP contribution in [0.4, 0.5) is 22.0 Å². The summed E-state index contributed by atoms with van der Waals surface area (Å²) >= 11 is 0. The average molecular weight is 326 g/mol. The predicted octanol–water partition coefficient (Wildman–Crippen LogP) is 3.29. The van der Waals surface area contributed by atoms with Gasteiger partial charge in [0.15, 0.2) is 23.3 Å². The average Bonchev–Trinajstić information content (AvgIpc) is 2.44. The van der Waals surface area contributed by atoms with Crippen LogP contribution in [0.2, 0.25) is 6.04 Å². The number of halogens is 5. The zero-order valence-corrected chi connectivity index (χ0v) is 12.6. The Kier molecular flexibility index (Phi) is 6.06. The van der Waals surface area contributed by atoms with Crippen LogP contribution in [0.15, 0.2) is 12.7 Å². The Morgan fingerprint density at radius 1 is 0.857 bits per heavy atom. The van der Waals surface area contributed by atoms with Gasteiger partial charge in [0.05, 0.1) is 5.19 Å². The topological polar surface area (TPSA) is 18.5 Å². The second kappa shape index (κ2) is 7.14. The molecular weight excluding hydrogens is 311 g/mol. The Labute approximate surface area is 120 Å². The SMILES string of the molecule is C=CC[Si](OCC)(OCC)c1c(F)c(F)c(F)c(F)c1F.